The Morgan fingerprint density at radius 1 is 1.07 bits per heavy atom. The van der Waals surface area contributed by atoms with Crippen LogP contribution in [0.15, 0.2) is 15.0 Å². The van der Waals surface area contributed by atoms with Crippen LogP contribution in [0.5, 0.6) is 5.75 Å². The van der Waals surface area contributed by atoms with Crippen LogP contribution in [0.1, 0.15) is 0 Å². The smallest absolute Gasteiger partial charge is 0.387 e. The Bertz CT molecular complexity index is 356. The van der Waals surface area contributed by atoms with Crippen molar-refractivity contribution in [3.05, 3.63) is 26.6 Å². The van der Waals surface area contributed by atoms with Crippen LogP contribution in [0, 0.1) is 11.6 Å². The summed E-state index contributed by atoms with van der Waals surface area (Å²) in [7, 11) is 0. The Morgan fingerprint density at radius 2 is 1.64 bits per heavy atom. The Hall–Kier alpha value is -0.300. The van der Waals surface area contributed by atoms with Crippen molar-refractivity contribution in [3.63, 3.8) is 0 Å². The number of benzene rings is 1. The van der Waals surface area contributed by atoms with E-state index in [9.17, 15) is 17.6 Å². The highest BCUT2D eigenvalue weighted by atomic mass is 79.9. The van der Waals surface area contributed by atoms with Gasteiger partial charge in [-0.25, -0.2) is 8.78 Å². The summed E-state index contributed by atoms with van der Waals surface area (Å²) >= 11 is 5.47. The van der Waals surface area contributed by atoms with Crippen molar-refractivity contribution in [2.75, 3.05) is 0 Å². The van der Waals surface area contributed by atoms with Crippen LogP contribution in [-0.2, 0) is 0 Å². The lowest BCUT2D eigenvalue weighted by molar-refractivity contribution is -0.0528. The lowest BCUT2D eigenvalue weighted by Crippen LogP contribution is -2.05. The fourth-order valence-corrected chi connectivity index (χ4v) is 1.51. The predicted octanol–water partition coefficient (Wildman–Crippen LogP) is 4.09. The van der Waals surface area contributed by atoms with Crippen molar-refractivity contribution in [1.29, 1.82) is 0 Å². The highest BCUT2D eigenvalue weighted by Crippen LogP contribution is 2.37. The molecule has 0 atom stereocenters. The standard InChI is InChI=1S/C7H2Br2F4O/c8-4-2(10)1-3(11)6(5(4)9)14-7(12)13/h1,7H. The average molecular weight is 338 g/mol. The molecule has 0 amide bonds. The van der Waals surface area contributed by atoms with Gasteiger partial charge in [0.05, 0.1) is 8.95 Å². The molecule has 1 aromatic rings. The van der Waals surface area contributed by atoms with Crippen LogP contribution in [0.4, 0.5) is 17.6 Å². The fourth-order valence-electron chi connectivity index (χ4n) is 0.747. The molecule has 7 heteroatoms. The molecule has 0 aliphatic heterocycles. The van der Waals surface area contributed by atoms with E-state index in [-0.39, 0.29) is 8.95 Å². The summed E-state index contributed by atoms with van der Waals surface area (Å²) in [4.78, 5) is 0. The minimum atomic E-state index is -3.17. The van der Waals surface area contributed by atoms with Gasteiger partial charge in [-0.1, -0.05) is 0 Å². The molecule has 0 aromatic heterocycles. The Kier molecular flexibility index (Phi) is 3.77. The zero-order valence-corrected chi connectivity index (χ0v) is 9.50. The van der Waals surface area contributed by atoms with Gasteiger partial charge in [0.25, 0.3) is 0 Å². The minimum Gasteiger partial charge on any atom is -0.430 e. The fraction of sp³-hybridized carbons (Fsp3) is 0.143. The van der Waals surface area contributed by atoms with E-state index < -0.39 is 24.0 Å². The van der Waals surface area contributed by atoms with Gasteiger partial charge < -0.3 is 4.74 Å². The average Bonchev–Trinajstić information content (AvgIpc) is 2.09. The number of rotatable bonds is 2. The minimum absolute atomic E-state index is 0.172. The molecule has 0 fully saturated rings. The Labute approximate surface area is 93.3 Å². The lowest BCUT2D eigenvalue weighted by atomic mass is 10.3. The van der Waals surface area contributed by atoms with Gasteiger partial charge in [0.15, 0.2) is 11.6 Å². The summed E-state index contributed by atoms with van der Waals surface area (Å²) in [5, 5.41) is 0. The third kappa shape index (κ3) is 2.38. The molecule has 0 saturated carbocycles. The maximum atomic E-state index is 12.9. The van der Waals surface area contributed by atoms with Crippen molar-refractivity contribution in [2.45, 2.75) is 6.61 Å². The molecule has 1 rings (SSSR count). The lowest BCUT2D eigenvalue weighted by Gasteiger charge is -2.09. The largest absolute Gasteiger partial charge is 0.430 e. The summed E-state index contributed by atoms with van der Waals surface area (Å²) in [5.41, 5.74) is 0. The van der Waals surface area contributed by atoms with Crippen molar-refractivity contribution >= 4 is 31.9 Å². The number of hydrogen-bond donors (Lipinski definition) is 0. The van der Waals surface area contributed by atoms with Crippen LogP contribution in [-0.4, -0.2) is 6.61 Å². The molecule has 14 heavy (non-hydrogen) atoms. The predicted molar refractivity (Wildman–Crippen MR) is 48.4 cm³/mol. The molecular weight excluding hydrogens is 336 g/mol. The van der Waals surface area contributed by atoms with Crippen molar-refractivity contribution in [1.82, 2.24) is 0 Å². The molecule has 0 radical (unpaired) electrons. The van der Waals surface area contributed by atoms with Gasteiger partial charge in [-0.05, 0) is 31.9 Å². The molecule has 1 aromatic carbocycles. The van der Waals surface area contributed by atoms with Crippen LogP contribution in [0.25, 0.3) is 0 Å². The van der Waals surface area contributed by atoms with Crippen LogP contribution >= 0.6 is 31.9 Å². The van der Waals surface area contributed by atoms with Gasteiger partial charge >= 0.3 is 6.61 Å². The number of halogens is 6. The molecule has 0 bridgehead atoms. The normalized spacial score (nSPS) is 10.8. The van der Waals surface area contributed by atoms with E-state index in [0.29, 0.717) is 6.07 Å². The second-order valence-corrected chi connectivity index (χ2v) is 3.76. The summed E-state index contributed by atoms with van der Waals surface area (Å²) in [5.74, 6) is -2.83. The molecule has 0 heterocycles. The van der Waals surface area contributed by atoms with E-state index in [0.717, 1.165) is 0 Å². The molecule has 78 valence electrons. The quantitative estimate of drug-likeness (QED) is 0.448. The van der Waals surface area contributed by atoms with E-state index in [4.69, 9.17) is 0 Å². The summed E-state index contributed by atoms with van der Waals surface area (Å²) in [6, 6.07) is 0.451. The van der Waals surface area contributed by atoms with E-state index in [1.807, 2.05) is 0 Å². The summed E-state index contributed by atoms with van der Waals surface area (Å²) in [6.07, 6.45) is 0. The topological polar surface area (TPSA) is 9.23 Å². The van der Waals surface area contributed by atoms with Crippen LogP contribution in [0.2, 0.25) is 0 Å². The van der Waals surface area contributed by atoms with E-state index in [1.165, 1.54) is 0 Å². The van der Waals surface area contributed by atoms with E-state index in [1.54, 1.807) is 0 Å². The number of hydrogen-bond acceptors (Lipinski definition) is 1. The van der Waals surface area contributed by atoms with Crippen LogP contribution < -0.4 is 4.74 Å². The Balaban J connectivity index is 3.22. The summed E-state index contributed by atoms with van der Waals surface area (Å²) < 4.78 is 52.7. The third-order valence-electron chi connectivity index (χ3n) is 1.28. The highest BCUT2D eigenvalue weighted by Gasteiger charge is 2.19. The van der Waals surface area contributed by atoms with Crippen LogP contribution in [0.3, 0.4) is 0 Å². The first-order valence-electron chi connectivity index (χ1n) is 3.21. The monoisotopic (exact) mass is 336 g/mol. The maximum Gasteiger partial charge on any atom is 0.387 e. The van der Waals surface area contributed by atoms with E-state index >= 15 is 0 Å². The Morgan fingerprint density at radius 3 is 2.14 bits per heavy atom. The van der Waals surface area contributed by atoms with Gasteiger partial charge in [0.2, 0.25) is 0 Å². The first-order valence-corrected chi connectivity index (χ1v) is 4.80. The zero-order chi connectivity index (χ0) is 10.9. The summed E-state index contributed by atoms with van der Waals surface area (Å²) in [6.45, 7) is -3.17. The molecule has 0 aliphatic rings. The van der Waals surface area contributed by atoms with Crippen molar-refractivity contribution in [3.8, 4) is 5.75 Å². The van der Waals surface area contributed by atoms with Crippen molar-refractivity contribution in [2.24, 2.45) is 0 Å². The second-order valence-electron chi connectivity index (χ2n) is 2.18. The molecule has 0 aliphatic carbocycles. The van der Waals surface area contributed by atoms with Gasteiger partial charge in [0.1, 0.15) is 5.82 Å². The second kappa shape index (κ2) is 4.48. The zero-order valence-electron chi connectivity index (χ0n) is 6.33. The molecular formula is C7H2Br2F4O. The SMILES string of the molecule is Fc1cc(F)c(OC(F)F)c(Br)c1Br. The van der Waals surface area contributed by atoms with Crippen molar-refractivity contribution < 1.29 is 22.3 Å². The number of ether oxygens (including phenoxy) is 1. The van der Waals surface area contributed by atoms with E-state index in [2.05, 4.69) is 36.6 Å². The molecule has 0 unspecified atom stereocenters. The van der Waals surface area contributed by atoms with Gasteiger partial charge in [-0.15, -0.1) is 0 Å². The molecule has 0 spiro atoms. The molecule has 0 N–H and O–H groups in total. The van der Waals surface area contributed by atoms with Gasteiger partial charge in [-0.3, -0.25) is 0 Å². The van der Waals surface area contributed by atoms with Gasteiger partial charge in [-0.2, -0.15) is 8.78 Å². The highest BCUT2D eigenvalue weighted by molar-refractivity contribution is 9.13. The molecule has 1 nitrogen and oxygen atoms in total. The number of alkyl halides is 2. The maximum absolute atomic E-state index is 12.9. The third-order valence-corrected chi connectivity index (χ3v) is 3.34. The van der Waals surface area contributed by atoms with Gasteiger partial charge in [0, 0.05) is 6.07 Å². The first-order chi connectivity index (χ1) is 6.43. The molecule has 0 saturated heterocycles. The first kappa shape index (κ1) is 11.8.